The van der Waals surface area contributed by atoms with Crippen LogP contribution in [0.3, 0.4) is 0 Å². The summed E-state index contributed by atoms with van der Waals surface area (Å²) in [4.78, 5) is 11.6. The van der Waals surface area contributed by atoms with E-state index in [2.05, 4.69) is 13.8 Å². The first-order valence-corrected chi connectivity index (χ1v) is 5.85. The van der Waals surface area contributed by atoms with Crippen LogP contribution >= 0.6 is 0 Å². The molecule has 14 heavy (non-hydrogen) atoms. The van der Waals surface area contributed by atoms with Crippen molar-refractivity contribution in [3.63, 3.8) is 0 Å². The number of aliphatic hydroxyl groups is 1. The lowest BCUT2D eigenvalue weighted by atomic mass is 9.94. The highest BCUT2D eigenvalue weighted by molar-refractivity contribution is 5.84. The number of carbonyl (C=O) groups is 1. The molecule has 0 aliphatic carbocycles. The predicted molar refractivity (Wildman–Crippen MR) is 59.2 cm³/mol. The lowest BCUT2D eigenvalue weighted by Crippen LogP contribution is -2.26. The molecule has 0 heterocycles. The first-order valence-electron chi connectivity index (χ1n) is 5.85. The quantitative estimate of drug-likeness (QED) is 0.654. The monoisotopic (exact) mass is 200 g/mol. The first-order chi connectivity index (χ1) is 6.63. The number of aliphatic hydroxyl groups excluding tert-OH is 1. The molecule has 0 amide bonds. The molecular weight excluding hydrogens is 176 g/mol. The molecular formula is C12H24O2. The molecule has 0 aromatic heterocycles. The highest BCUT2D eigenvalue weighted by Gasteiger charge is 2.20. The van der Waals surface area contributed by atoms with Gasteiger partial charge in [0, 0.05) is 5.92 Å². The first kappa shape index (κ1) is 13.6. The van der Waals surface area contributed by atoms with Crippen LogP contribution in [0.2, 0.25) is 0 Å². The maximum absolute atomic E-state index is 11.6. The van der Waals surface area contributed by atoms with E-state index in [0.29, 0.717) is 6.42 Å². The van der Waals surface area contributed by atoms with E-state index in [1.165, 1.54) is 0 Å². The number of Topliss-reactive ketones (excluding diaryl/α,β-unsaturated/α-hetero) is 1. The minimum atomic E-state index is -0.721. The number of rotatable bonds is 8. The third kappa shape index (κ3) is 5.38. The Balaban J connectivity index is 3.78. The van der Waals surface area contributed by atoms with Crippen LogP contribution in [-0.2, 0) is 4.79 Å². The molecule has 0 aromatic rings. The van der Waals surface area contributed by atoms with Gasteiger partial charge in [-0.3, -0.25) is 4.79 Å². The van der Waals surface area contributed by atoms with Crippen LogP contribution in [0.25, 0.3) is 0 Å². The van der Waals surface area contributed by atoms with Crippen molar-refractivity contribution >= 4 is 5.78 Å². The summed E-state index contributed by atoms with van der Waals surface area (Å²) < 4.78 is 0. The van der Waals surface area contributed by atoms with Gasteiger partial charge < -0.3 is 5.11 Å². The van der Waals surface area contributed by atoms with Gasteiger partial charge in [-0.15, -0.1) is 0 Å². The van der Waals surface area contributed by atoms with Gasteiger partial charge in [0.1, 0.15) is 6.10 Å². The Morgan fingerprint density at radius 3 is 2.14 bits per heavy atom. The van der Waals surface area contributed by atoms with E-state index in [-0.39, 0.29) is 11.7 Å². The van der Waals surface area contributed by atoms with Crippen LogP contribution in [0.15, 0.2) is 0 Å². The molecule has 2 nitrogen and oxygen atoms in total. The molecule has 0 spiro atoms. The Bertz CT molecular complexity index is 138. The largest absolute Gasteiger partial charge is 0.385 e. The molecule has 2 heteroatoms. The zero-order valence-corrected chi connectivity index (χ0v) is 9.75. The van der Waals surface area contributed by atoms with Gasteiger partial charge >= 0.3 is 0 Å². The molecule has 2 unspecified atom stereocenters. The van der Waals surface area contributed by atoms with Gasteiger partial charge in [0.25, 0.3) is 0 Å². The standard InChI is InChI=1S/C12H24O2/c1-4-6-8-10(3)12(14)11(13)9-7-5-2/h10-11,13H,4-9H2,1-3H3. The minimum Gasteiger partial charge on any atom is -0.385 e. The third-order valence-electron chi connectivity index (χ3n) is 2.64. The summed E-state index contributed by atoms with van der Waals surface area (Å²) in [7, 11) is 0. The molecule has 0 rings (SSSR count). The molecule has 2 atom stereocenters. The maximum atomic E-state index is 11.6. The molecule has 1 N–H and O–H groups in total. The van der Waals surface area contributed by atoms with Gasteiger partial charge in [0.2, 0.25) is 0 Å². The second-order valence-corrected chi connectivity index (χ2v) is 4.10. The molecule has 84 valence electrons. The molecule has 0 aliphatic heterocycles. The second-order valence-electron chi connectivity index (χ2n) is 4.10. The summed E-state index contributed by atoms with van der Waals surface area (Å²) in [6.07, 6.45) is 4.99. The number of hydrogen-bond donors (Lipinski definition) is 1. The van der Waals surface area contributed by atoms with E-state index in [1.54, 1.807) is 0 Å². The van der Waals surface area contributed by atoms with E-state index in [1.807, 2.05) is 6.92 Å². The lowest BCUT2D eigenvalue weighted by Gasteiger charge is -2.14. The molecule has 0 bridgehead atoms. The van der Waals surface area contributed by atoms with Crippen LogP contribution < -0.4 is 0 Å². The fourth-order valence-electron chi connectivity index (χ4n) is 1.52. The Hall–Kier alpha value is -0.370. The summed E-state index contributed by atoms with van der Waals surface area (Å²) >= 11 is 0. The fraction of sp³-hybridized carbons (Fsp3) is 0.917. The Morgan fingerprint density at radius 1 is 1.14 bits per heavy atom. The Morgan fingerprint density at radius 2 is 1.64 bits per heavy atom. The van der Waals surface area contributed by atoms with Crippen LogP contribution in [0.5, 0.6) is 0 Å². The van der Waals surface area contributed by atoms with Crippen molar-refractivity contribution in [2.75, 3.05) is 0 Å². The lowest BCUT2D eigenvalue weighted by molar-refractivity contribution is -0.131. The average Bonchev–Trinajstić information content (AvgIpc) is 2.21. The van der Waals surface area contributed by atoms with Gasteiger partial charge in [-0.05, 0) is 12.8 Å². The smallest absolute Gasteiger partial charge is 0.164 e. The van der Waals surface area contributed by atoms with Crippen LogP contribution in [0, 0.1) is 5.92 Å². The van der Waals surface area contributed by atoms with Crippen molar-refractivity contribution in [2.45, 2.75) is 65.4 Å². The van der Waals surface area contributed by atoms with Crippen LogP contribution in [0.1, 0.15) is 59.3 Å². The Kier molecular flexibility index (Phi) is 7.77. The highest BCUT2D eigenvalue weighted by atomic mass is 16.3. The van der Waals surface area contributed by atoms with E-state index in [9.17, 15) is 9.90 Å². The Labute approximate surface area is 87.7 Å². The predicted octanol–water partition coefficient (Wildman–Crippen LogP) is 2.93. The SMILES string of the molecule is CCCCC(C)C(=O)C(O)CCCC. The van der Waals surface area contributed by atoms with Gasteiger partial charge in [-0.2, -0.15) is 0 Å². The summed E-state index contributed by atoms with van der Waals surface area (Å²) in [5, 5.41) is 9.57. The van der Waals surface area contributed by atoms with Crippen LogP contribution in [-0.4, -0.2) is 17.0 Å². The molecule has 0 aliphatic rings. The van der Waals surface area contributed by atoms with Crippen molar-refractivity contribution in [3.8, 4) is 0 Å². The average molecular weight is 200 g/mol. The van der Waals surface area contributed by atoms with Crippen molar-refractivity contribution in [3.05, 3.63) is 0 Å². The van der Waals surface area contributed by atoms with Crippen molar-refractivity contribution < 1.29 is 9.90 Å². The topological polar surface area (TPSA) is 37.3 Å². The normalized spacial score (nSPS) is 15.1. The molecule has 0 aromatic carbocycles. The molecule has 0 radical (unpaired) electrons. The number of ketones is 1. The van der Waals surface area contributed by atoms with Gasteiger partial charge in [0.05, 0.1) is 0 Å². The number of carbonyl (C=O) groups excluding carboxylic acids is 1. The van der Waals surface area contributed by atoms with Gasteiger partial charge in [0.15, 0.2) is 5.78 Å². The van der Waals surface area contributed by atoms with Crippen molar-refractivity contribution in [2.24, 2.45) is 5.92 Å². The van der Waals surface area contributed by atoms with Gasteiger partial charge in [-0.25, -0.2) is 0 Å². The van der Waals surface area contributed by atoms with E-state index in [4.69, 9.17) is 0 Å². The fourth-order valence-corrected chi connectivity index (χ4v) is 1.52. The zero-order valence-electron chi connectivity index (χ0n) is 9.75. The zero-order chi connectivity index (χ0) is 11.0. The third-order valence-corrected chi connectivity index (χ3v) is 2.64. The number of hydrogen-bond acceptors (Lipinski definition) is 2. The van der Waals surface area contributed by atoms with Crippen molar-refractivity contribution in [1.82, 2.24) is 0 Å². The summed E-state index contributed by atoms with van der Waals surface area (Å²) in [6, 6.07) is 0. The minimum absolute atomic E-state index is 0.0295. The summed E-state index contributed by atoms with van der Waals surface area (Å²) in [6.45, 7) is 6.11. The molecule has 0 saturated carbocycles. The summed E-state index contributed by atoms with van der Waals surface area (Å²) in [5.74, 6) is 0.0636. The molecule has 0 fully saturated rings. The maximum Gasteiger partial charge on any atom is 0.164 e. The highest BCUT2D eigenvalue weighted by Crippen LogP contribution is 2.13. The second kappa shape index (κ2) is 7.98. The van der Waals surface area contributed by atoms with Crippen LogP contribution in [0.4, 0.5) is 0 Å². The van der Waals surface area contributed by atoms with Gasteiger partial charge in [-0.1, -0.05) is 46.5 Å². The van der Waals surface area contributed by atoms with E-state index < -0.39 is 6.10 Å². The van der Waals surface area contributed by atoms with Crippen molar-refractivity contribution in [1.29, 1.82) is 0 Å². The molecule has 0 saturated heterocycles. The number of unbranched alkanes of at least 4 members (excludes halogenated alkanes) is 2. The summed E-state index contributed by atoms with van der Waals surface area (Å²) in [5.41, 5.74) is 0. The van der Waals surface area contributed by atoms with E-state index >= 15 is 0 Å². The van der Waals surface area contributed by atoms with E-state index in [0.717, 1.165) is 32.1 Å².